The number of aryl methyl sites for hydroxylation is 1. The molecule has 1 aromatic carbocycles. The minimum absolute atomic E-state index is 0.0849. The van der Waals surface area contributed by atoms with Crippen LogP contribution in [0, 0.1) is 18.8 Å². The first-order valence-corrected chi connectivity index (χ1v) is 7.11. The Morgan fingerprint density at radius 1 is 1.40 bits per heavy atom. The van der Waals surface area contributed by atoms with Gasteiger partial charge in [-0.1, -0.05) is 24.7 Å². The van der Waals surface area contributed by atoms with Crippen molar-refractivity contribution in [2.45, 2.75) is 38.6 Å². The molecular weight excluding hydrogens is 250 g/mol. The van der Waals surface area contributed by atoms with Crippen molar-refractivity contribution in [2.75, 3.05) is 13.7 Å². The number of benzene rings is 1. The molecule has 0 aliphatic heterocycles. The predicted molar refractivity (Wildman–Crippen MR) is 79.5 cm³/mol. The Bertz CT molecular complexity index is 548. The van der Waals surface area contributed by atoms with Crippen LogP contribution < -0.4 is 0 Å². The molecule has 0 atom stereocenters. The highest BCUT2D eigenvalue weighted by atomic mass is 16.2. The fourth-order valence-electron chi connectivity index (χ4n) is 2.73. The first kappa shape index (κ1) is 14.6. The minimum atomic E-state index is -0.148. The molecule has 20 heavy (non-hydrogen) atoms. The molecule has 0 unspecified atom stereocenters. The molecule has 106 valence electrons. The van der Waals surface area contributed by atoms with E-state index in [0.717, 1.165) is 24.0 Å². The van der Waals surface area contributed by atoms with Crippen LogP contribution in [0.2, 0.25) is 0 Å². The highest BCUT2D eigenvalue weighted by molar-refractivity contribution is 5.94. The Hall–Kier alpha value is -1.79. The maximum absolute atomic E-state index is 12.5. The van der Waals surface area contributed by atoms with Gasteiger partial charge < -0.3 is 10.0 Å². The summed E-state index contributed by atoms with van der Waals surface area (Å²) < 4.78 is 0. The molecule has 1 fully saturated rings. The van der Waals surface area contributed by atoms with Gasteiger partial charge in [-0.15, -0.1) is 0 Å². The van der Waals surface area contributed by atoms with E-state index in [9.17, 15) is 4.79 Å². The van der Waals surface area contributed by atoms with Crippen LogP contribution in [0.15, 0.2) is 18.2 Å². The monoisotopic (exact) mass is 271 g/mol. The molecule has 3 heteroatoms. The number of amides is 1. The van der Waals surface area contributed by atoms with E-state index in [0.29, 0.717) is 11.6 Å². The third kappa shape index (κ3) is 3.20. The zero-order valence-electron chi connectivity index (χ0n) is 12.1. The number of carbonyl (C=O) groups excluding carboxylic acids is 1. The fraction of sp³-hybridized carbons (Fsp3) is 0.471. The Balaban J connectivity index is 2.16. The molecule has 1 aromatic rings. The Labute approximate surface area is 120 Å². The molecule has 1 aliphatic rings. The topological polar surface area (TPSA) is 40.5 Å². The van der Waals surface area contributed by atoms with Crippen LogP contribution in [0.5, 0.6) is 0 Å². The minimum Gasteiger partial charge on any atom is -0.384 e. The Morgan fingerprint density at radius 2 is 2.10 bits per heavy atom. The first-order chi connectivity index (χ1) is 9.63. The van der Waals surface area contributed by atoms with Crippen molar-refractivity contribution in [3.05, 3.63) is 34.9 Å². The Kier molecular flexibility index (Phi) is 4.81. The average Bonchev–Trinajstić information content (AvgIpc) is 2.98. The number of carbonyl (C=O) groups is 1. The molecule has 3 nitrogen and oxygen atoms in total. The van der Waals surface area contributed by atoms with Crippen molar-refractivity contribution in [3.8, 4) is 11.8 Å². The van der Waals surface area contributed by atoms with E-state index in [-0.39, 0.29) is 12.5 Å². The zero-order chi connectivity index (χ0) is 14.5. The molecule has 2 rings (SSSR count). The summed E-state index contributed by atoms with van der Waals surface area (Å²) in [4.78, 5) is 14.3. The summed E-state index contributed by atoms with van der Waals surface area (Å²) >= 11 is 0. The summed E-state index contributed by atoms with van der Waals surface area (Å²) in [5.74, 6) is 5.60. The Morgan fingerprint density at radius 3 is 2.70 bits per heavy atom. The normalized spacial score (nSPS) is 14.8. The molecule has 1 amide bonds. The molecule has 0 radical (unpaired) electrons. The van der Waals surface area contributed by atoms with Crippen molar-refractivity contribution in [3.63, 3.8) is 0 Å². The van der Waals surface area contributed by atoms with E-state index in [4.69, 9.17) is 5.11 Å². The molecule has 0 bridgehead atoms. The van der Waals surface area contributed by atoms with Crippen LogP contribution in [-0.2, 0) is 0 Å². The van der Waals surface area contributed by atoms with E-state index in [2.05, 4.69) is 11.8 Å². The van der Waals surface area contributed by atoms with Crippen LogP contribution in [0.3, 0.4) is 0 Å². The lowest BCUT2D eigenvalue weighted by Crippen LogP contribution is -2.35. The van der Waals surface area contributed by atoms with Gasteiger partial charge in [-0.2, -0.15) is 0 Å². The van der Waals surface area contributed by atoms with Crippen molar-refractivity contribution < 1.29 is 9.90 Å². The van der Waals surface area contributed by atoms with E-state index < -0.39 is 0 Å². The van der Waals surface area contributed by atoms with E-state index in [1.807, 2.05) is 37.1 Å². The smallest absolute Gasteiger partial charge is 0.253 e. The summed E-state index contributed by atoms with van der Waals surface area (Å²) in [7, 11) is 1.90. The lowest BCUT2D eigenvalue weighted by molar-refractivity contribution is 0.0735. The number of hydrogen-bond acceptors (Lipinski definition) is 2. The molecule has 1 aliphatic carbocycles. The van der Waals surface area contributed by atoms with Crippen LogP contribution in [0.25, 0.3) is 0 Å². The van der Waals surface area contributed by atoms with Gasteiger partial charge in [0.2, 0.25) is 0 Å². The molecule has 0 aromatic heterocycles. The van der Waals surface area contributed by atoms with Crippen LogP contribution >= 0.6 is 0 Å². The molecule has 1 saturated carbocycles. The summed E-state index contributed by atoms with van der Waals surface area (Å²) in [5, 5.41) is 8.72. The number of nitrogens with zero attached hydrogens (tertiary/aromatic N) is 1. The van der Waals surface area contributed by atoms with Gasteiger partial charge in [0, 0.05) is 24.2 Å². The molecular formula is C17H21NO2. The summed E-state index contributed by atoms with van der Waals surface area (Å²) in [6.45, 7) is 1.79. The summed E-state index contributed by atoms with van der Waals surface area (Å²) in [5.41, 5.74) is 2.54. The molecule has 0 saturated heterocycles. The van der Waals surface area contributed by atoms with Gasteiger partial charge in [0.25, 0.3) is 5.91 Å². The molecule has 1 N–H and O–H groups in total. The molecule has 0 heterocycles. The highest BCUT2D eigenvalue weighted by Crippen LogP contribution is 2.24. The number of aliphatic hydroxyl groups is 1. The van der Waals surface area contributed by atoms with Crippen LogP contribution in [-0.4, -0.2) is 35.6 Å². The standard InChI is InChI=1S/C17H21NO2/c1-13-12-15(10-9-14(13)6-5-11-19)17(20)18(2)16-7-3-4-8-16/h9-10,12,16,19H,3-4,7-8,11H2,1-2H3. The van der Waals surface area contributed by atoms with Gasteiger partial charge in [0.05, 0.1) is 0 Å². The predicted octanol–water partition coefficient (Wildman–Crippen LogP) is 2.35. The van der Waals surface area contributed by atoms with Gasteiger partial charge in [-0.25, -0.2) is 0 Å². The second-order valence-corrected chi connectivity index (χ2v) is 5.34. The largest absolute Gasteiger partial charge is 0.384 e. The quantitative estimate of drug-likeness (QED) is 0.839. The average molecular weight is 271 g/mol. The van der Waals surface area contributed by atoms with Gasteiger partial charge in [-0.3, -0.25) is 4.79 Å². The van der Waals surface area contributed by atoms with Crippen molar-refractivity contribution in [1.82, 2.24) is 4.90 Å². The van der Waals surface area contributed by atoms with Gasteiger partial charge in [0.1, 0.15) is 6.61 Å². The summed E-state index contributed by atoms with van der Waals surface area (Å²) in [6, 6.07) is 5.95. The van der Waals surface area contributed by atoms with E-state index >= 15 is 0 Å². The number of rotatable bonds is 2. The molecule has 0 spiro atoms. The van der Waals surface area contributed by atoms with Crippen molar-refractivity contribution in [2.24, 2.45) is 0 Å². The number of hydrogen-bond donors (Lipinski definition) is 1. The van der Waals surface area contributed by atoms with Gasteiger partial charge >= 0.3 is 0 Å². The third-order valence-electron chi connectivity index (χ3n) is 3.97. The second-order valence-electron chi connectivity index (χ2n) is 5.34. The third-order valence-corrected chi connectivity index (χ3v) is 3.97. The van der Waals surface area contributed by atoms with Crippen LogP contribution in [0.1, 0.15) is 47.2 Å². The van der Waals surface area contributed by atoms with Gasteiger partial charge in [-0.05, 0) is 43.5 Å². The van der Waals surface area contributed by atoms with Crippen LogP contribution in [0.4, 0.5) is 0 Å². The highest BCUT2D eigenvalue weighted by Gasteiger charge is 2.24. The lowest BCUT2D eigenvalue weighted by Gasteiger charge is -2.24. The van der Waals surface area contributed by atoms with E-state index in [1.54, 1.807) is 0 Å². The fourth-order valence-corrected chi connectivity index (χ4v) is 2.73. The first-order valence-electron chi connectivity index (χ1n) is 7.11. The summed E-state index contributed by atoms with van der Waals surface area (Å²) in [6.07, 6.45) is 4.66. The maximum Gasteiger partial charge on any atom is 0.253 e. The van der Waals surface area contributed by atoms with Crippen molar-refractivity contribution in [1.29, 1.82) is 0 Å². The second kappa shape index (κ2) is 6.58. The zero-order valence-corrected chi connectivity index (χ0v) is 12.1. The SMILES string of the molecule is Cc1cc(C(=O)N(C)C2CCCC2)ccc1C#CCO. The van der Waals surface area contributed by atoms with Crippen molar-refractivity contribution >= 4 is 5.91 Å². The van der Waals surface area contributed by atoms with Gasteiger partial charge in [0.15, 0.2) is 0 Å². The maximum atomic E-state index is 12.5. The van der Waals surface area contributed by atoms with E-state index in [1.165, 1.54) is 12.8 Å². The number of aliphatic hydroxyl groups excluding tert-OH is 1. The lowest BCUT2D eigenvalue weighted by atomic mass is 10.0.